The number of unbranched alkanes of at least 4 members (excludes halogenated alkanes) is 3. The minimum atomic E-state index is -0.454. The van der Waals surface area contributed by atoms with Crippen molar-refractivity contribution in [2.24, 2.45) is 0 Å². The average molecular weight is 661 g/mol. The van der Waals surface area contributed by atoms with Crippen LogP contribution in [0.25, 0.3) is 27.4 Å². The summed E-state index contributed by atoms with van der Waals surface area (Å²) < 4.78 is 17.9. The Bertz CT molecular complexity index is 1810. The SMILES string of the molecule is C=CC(=O)OCCCCCCOc1ccc(C(=O)Oc2ccc(-c3ccc(CCC)cc3)cc2/C=C/Nc2nc3ccccc3s2)cc1. The third kappa shape index (κ3) is 9.89. The summed E-state index contributed by atoms with van der Waals surface area (Å²) in [6.07, 6.45) is 10.6. The zero-order valence-corrected chi connectivity index (χ0v) is 28.0. The molecule has 5 rings (SSSR count). The number of nitrogens with zero attached hydrogens (tertiary/aromatic N) is 1. The first kappa shape index (κ1) is 34.1. The van der Waals surface area contributed by atoms with Crippen molar-refractivity contribution in [3.8, 4) is 22.6 Å². The molecule has 0 bridgehead atoms. The highest BCUT2D eigenvalue weighted by molar-refractivity contribution is 7.22. The van der Waals surface area contributed by atoms with Gasteiger partial charge in [0.2, 0.25) is 0 Å². The van der Waals surface area contributed by atoms with E-state index < -0.39 is 11.9 Å². The van der Waals surface area contributed by atoms with Gasteiger partial charge < -0.3 is 19.5 Å². The van der Waals surface area contributed by atoms with E-state index in [9.17, 15) is 9.59 Å². The number of hydrogen-bond donors (Lipinski definition) is 1. The number of rotatable bonds is 17. The van der Waals surface area contributed by atoms with Crippen molar-refractivity contribution >= 4 is 44.7 Å². The summed E-state index contributed by atoms with van der Waals surface area (Å²) in [7, 11) is 0. The van der Waals surface area contributed by atoms with Crippen molar-refractivity contribution in [3.05, 3.63) is 127 Å². The molecule has 0 atom stereocenters. The summed E-state index contributed by atoms with van der Waals surface area (Å²) in [5, 5.41) is 4.05. The Morgan fingerprint density at radius 3 is 2.38 bits per heavy atom. The van der Waals surface area contributed by atoms with Gasteiger partial charge in [0.05, 0.1) is 29.0 Å². The lowest BCUT2D eigenvalue weighted by Gasteiger charge is -2.11. The minimum absolute atomic E-state index is 0.390. The number of aryl methyl sites for hydroxylation is 1. The third-order valence-electron chi connectivity index (χ3n) is 7.61. The number of carbonyl (C=O) groups is 2. The summed E-state index contributed by atoms with van der Waals surface area (Å²) >= 11 is 1.58. The molecule has 1 N–H and O–H groups in total. The Morgan fingerprint density at radius 2 is 1.62 bits per heavy atom. The molecule has 0 unspecified atom stereocenters. The largest absolute Gasteiger partial charge is 0.494 e. The first-order valence-electron chi connectivity index (χ1n) is 16.3. The highest BCUT2D eigenvalue weighted by Crippen LogP contribution is 2.30. The average Bonchev–Trinajstić information content (AvgIpc) is 3.53. The van der Waals surface area contributed by atoms with Gasteiger partial charge in [0.25, 0.3) is 0 Å². The van der Waals surface area contributed by atoms with E-state index in [1.807, 2.05) is 54.7 Å². The number of anilines is 1. The van der Waals surface area contributed by atoms with E-state index in [-0.39, 0.29) is 0 Å². The van der Waals surface area contributed by atoms with Crippen LogP contribution in [0, 0.1) is 0 Å². The number of nitrogens with one attached hydrogen (secondary N) is 1. The molecular formula is C40H40N2O5S. The fourth-order valence-electron chi connectivity index (χ4n) is 5.07. The van der Waals surface area contributed by atoms with Gasteiger partial charge in [-0.25, -0.2) is 14.6 Å². The number of carbonyl (C=O) groups excluding carboxylic acids is 2. The van der Waals surface area contributed by atoms with Crippen LogP contribution in [0.4, 0.5) is 5.13 Å². The van der Waals surface area contributed by atoms with Crippen LogP contribution in [0.2, 0.25) is 0 Å². The maximum absolute atomic E-state index is 13.2. The molecule has 0 aliphatic heterocycles. The Labute approximate surface area is 285 Å². The quantitative estimate of drug-likeness (QED) is 0.0460. The molecule has 4 aromatic carbocycles. The lowest BCUT2D eigenvalue weighted by atomic mass is 10.00. The zero-order valence-electron chi connectivity index (χ0n) is 27.2. The van der Waals surface area contributed by atoms with Gasteiger partial charge >= 0.3 is 11.9 Å². The molecule has 0 saturated heterocycles. The van der Waals surface area contributed by atoms with Crippen molar-refractivity contribution < 1.29 is 23.8 Å². The van der Waals surface area contributed by atoms with Crippen LogP contribution in [0.15, 0.2) is 110 Å². The number of ether oxygens (including phenoxy) is 3. The second kappa shape index (κ2) is 17.6. The van der Waals surface area contributed by atoms with E-state index in [1.165, 1.54) is 11.6 Å². The Kier molecular flexibility index (Phi) is 12.5. The molecule has 246 valence electrons. The lowest BCUT2D eigenvalue weighted by molar-refractivity contribution is -0.137. The predicted octanol–water partition coefficient (Wildman–Crippen LogP) is 9.89. The van der Waals surface area contributed by atoms with Crippen LogP contribution >= 0.6 is 11.3 Å². The number of thiazole rings is 1. The molecular weight excluding hydrogens is 621 g/mol. The standard InChI is InChI=1S/C40H40N2O5S/c1-3-11-29-14-16-30(17-15-29)32-20-23-36(33(28-32)24-25-41-40-42-35-12-7-8-13-37(35)48-40)47-39(44)31-18-21-34(22-19-31)45-26-9-5-6-10-27-46-38(43)4-2/h4,7-8,12-25,28H,2-3,5-6,9-11,26-27H2,1H3,(H,41,42)/b25-24+. The molecule has 0 radical (unpaired) electrons. The van der Waals surface area contributed by atoms with Gasteiger partial charge in [0, 0.05) is 17.8 Å². The maximum Gasteiger partial charge on any atom is 0.343 e. The molecule has 5 aromatic rings. The molecule has 0 saturated carbocycles. The van der Waals surface area contributed by atoms with Gasteiger partial charge in [-0.3, -0.25) is 0 Å². The number of aromatic nitrogens is 1. The zero-order chi connectivity index (χ0) is 33.6. The van der Waals surface area contributed by atoms with Gasteiger partial charge in [-0.15, -0.1) is 0 Å². The fourth-order valence-corrected chi connectivity index (χ4v) is 5.91. The lowest BCUT2D eigenvalue weighted by Crippen LogP contribution is -2.09. The second-order valence-electron chi connectivity index (χ2n) is 11.2. The molecule has 0 fully saturated rings. The van der Waals surface area contributed by atoms with Crippen molar-refractivity contribution in [1.29, 1.82) is 0 Å². The molecule has 0 aliphatic carbocycles. The Balaban J connectivity index is 1.22. The normalized spacial score (nSPS) is 11.0. The van der Waals surface area contributed by atoms with Crippen molar-refractivity contribution in [2.75, 3.05) is 18.5 Å². The monoisotopic (exact) mass is 660 g/mol. The van der Waals surface area contributed by atoms with Crippen molar-refractivity contribution in [2.45, 2.75) is 45.4 Å². The number of hydrogen-bond acceptors (Lipinski definition) is 8. The first-order chi connectivity index (χ1) is 23.5. The molecule has 8 heteroatoms. The molecule has 0 amide bonds. The van der Waals surface area contributed by atoms with Crippen molar-refractivity contribution in [1.82, 2.24) is 4.98 Å². The third-order valence-corrected chi connectivity index (χ3v) is 8.58. The number of esters is 2. The number of benzene rings is 4. The van der Waals surface area contributed by atoms with Gasteiger partial charge in [0.1, 0.15) is 11.5 Å². The van der Waals surface area contributed by atoms with Crippen LogP contribution in [-0.2, 0) is 16.0 Å². The Hall–Kier alpha value is -5.21. The second-order valence-corrected chi connectivity index (χ2v) is 12.2. The summed E-state index contributed by atoms with van der Waals surface area (Å²) in [5.74, 6) is 0.293. The number of para-hydroxylation sites is 1. The van der Waals surface area contributed by atoms with E-state index >= 15 is 0 Å². The van der Waals surface area contributed by atoms with Crippen LogP contribution in [0.3, 0.4) is 0 Å². The van der Waals surface area contributed by atoms with E-state index in [1.54, 1.807) is 35.6 Å². The molecule has 1 heterocycles. The summed E-state index contributed by atoms with van der Waals surface area (Å²) in [4.78, 5) is 28.9. The predicted molar refractivity (Wildman–Crippen MR) is 195 cm³/mol. The summed E-state index contributed by atoms with van der Waals surface area (Å²) in [5.41, 5.74) is 5.55. The van der Waals surface area contributed by atoms with Gasteiger partial charge in [-0.05, 0) is 103 Å². The van der Waals surface area contributed by atoms with E-state index in [0.29, 0.717) is 30.3 Å². The molecule has 0 aliphatic rings. The fraction of sp³-hybridized carbons (Fsp3) is 0.225. The topological polar surface area (TPSA) is 86.8 Å². The molecule has 0 spiro atoms. The first-order valence-corrected chi connectivity index (χ1v) is 17.1. The smallest absolute Gasteiger partial charge is 0.343 e. The highest BCUT2D eigenvalue weighted by atomic mass is 32.1. The Morgan fingerprint density at radius 1 is 0.875 bits per heavy atom. The molecule has 1 aromatic heterocycles. The maximum atomic E-state index is 13.2. The minimum Gasteiger partial charge on any atom is -0.494 e. The van der Waals surface area contributed by atoms with Gasteiger partial charge in [-0.1, -0.05) is 73.7 Å². The summed E-state index contributed by atoms with van der Waals surface area (Å²) in [6.45, 7) is 6.53. The van der Waals surface area contributed by atoms with Crippen molar-refractivity contribution in [3.63, 3.8) is 0 Å². The van der Waals surface area contributed by atoms with Crippen LogP contribution in [0.1, 0.15) is 60.5 Å². The van der Waals surface area contributed by atoms with Gasteiger partial charge in [-0.2, -0.15) is 0 Å². The van der Waals surface area contributed by atoms with Crippen LogP contribution in [0.5, 0.6) is 11.5 Å². The molecule has 48 heavy (non-hydrogen) atoms. The molecule has 7 nitrogen and oxygen atoms in total. The van der Waals surface area contributed by atoms with E-state index in [4.69, 9.17) is 14.2 Å². The van der Waals surface area contributed by atoms with E-state index in [2.05, 4.69) is 48.1 Å². The van der Waals surface area contributed by atoms with Crippen LogP contribution in [-0.4, -0.2) is 30.1 Å². The highest BCUT2D eigenvalue weighted by Gasteiger charge is 2.13. The van der Waals surface area contributed by atoms with Crippen LogP contribution < -0.4 is 14.8 Å². The number of fused-ring (bicyclic) bond motifs is 1. The van der Waals surface area contributed by atoms with Gasteiger partial charge in [0.15, 0.2) is 5.13 Å². The van der Waals surface area contributed by atoms with E-state index in [0.717, 1.165) is 70.6 Å². The summed E-state index contributed by atoms with van der Waals surface area (Å²) in [6, 6.07) is 29.4.